The molecule has 1 N–H and O–H groups in total. The normalized spacial score (nSPS) is 15.3. The molecule has 0 aliphatic heterocycles. The average molecular weight is 94.1 g/mol. The van der Waals surface area contributed by atoms with Crippen LogP contribution in [-0.4, -0.2) is 11.7 Å². The first-order valence-electron chi connectivity index (χ1n) is 2.16. The Labute approximate surface area is 42.3 Å². The molecule has 1 rings (SSSR count). The summed E-state index contributed by atoms with van der Waals surface area (Å²) in [6.07, 6.45) is 5.47. The van der Waals surface area contributed by atoms with Crippen molar-refractivity contribution in [3.63, 3.8) is 0 Å². The largest absolute Gasteiger partial charge is 0.391 e. The van der Waals surface area contributed by atoms with E-state index in [0.717, 1.165) is 5.57 Å². The highest BCUT2D eigenvalue weighted by Gasteiger charge is 1.86. The van der Waals surface area contributed by atoms with Crippen LogP contribution < -0.4 is 0 Å². The molecule has 0 fully saturated rings. The summed E-state index contributed by atoms with van der Waals surface area (Å²) in [5.74, 6) is 0. The summed E-state index contributed by atoms with van der Waals surface area (Å²) in [6.45, 7) is 0.104. The minimum atomic E-state index is 0.104. The molecule has 0 radical (unpaired) electrons. The lowest BCUT2D eigenvalue weighted by atomic mass is 10.3. The van der Waals surface area contributed by atoms with Crippen LogP contribution >= 0.6 is 0 Å². The van der Waals surface area contributed by atoms with E-state index in [1.54, 1.807) is 6.08 Å². The lowest BCUT2D eigenvalue weighted by Crippen LogP contribution is -1.79. The van der Waals surface area contributed by atoms with Gasteiger partial charge in [0.05, 0.1) is 6.61 Å². The van der Waals surface area contributed by atoms with Gasteiger partial charge in [-0.3, -0.25) is 0 Å². The van der Waals surface area contributed by atoms with Gasteiger partial charge in [0.15, 0.2) is 0 Å². The Morgan fingerprint density at radius 2 is 2.57 bits per heavy atom. The van der Waals surface area contributed by atoms with E-state index in [9.17, 15) is 0 Å². The van der Waals surface area contributed by atoms with E-state index in [1.807, 2.05) is 12.2 Å². The standard InChI is InChI=1S/C6H6O/c7-5-6-3-1-2-4-6/h1-3,7H,5H2. The Balaban J connectivity index is 2.72. The molecule has 1 aliphatic rings. The number of rotatable bonds is 1. The first kappa shape index (κ1) is 4.38. The van der Waals surface area contributed by atoms with Crippen LogP contribution in [0, 0.1) is 0 Å². The average Bonchev–Trinajstić information content (AvgIpc) is 2.14. The highest BCUT2D eigenvalue weighted by atomic mass is 16.3. The van der Waals surface area contributed by atoms with Crippen molar-refractivity contribution in [1.29, 1.82) is 0 Å². The van der Waals surface area contributed by atoms with Gasteiger partial charge in [-0.15, -0.1) is 5.73 Å². The van der Waals surface area contributed by atoms with E-state index in [1.165, 1.54) is 0 Å². The molecule has 0 bridgehead atoms. The van der Waals surface area contributed by atoms with Gasteiger partial charge in [0.2, 0.25) is 0 Å². The molecule has 0 spiro atoms. The molecule has 0 aromatic heterocycles. The van der Waals surface area contributed by atoms with Crippen molar-refractivity contribution in [2.45, 2.75) is 0 Å². The molecule has 0 saturated heterocycles. The second-order valence-electron chi connectivity index (χ2n) is 1.35. The van der Waals surface area contributed by atoms with Crippen molar-refractivity contribution < 1.29 is 5.11 Å². The fourth-order valence-electron chi connectivity index (χ4n) is 0.466. The van der Waals surface area contributed by atoms with Gasteiger partial charge in [0, 0.05) is 5.57 Å². The van der Waals surface area contributed by atoms with Gasteiger partial charge >= 0.3 is 0 Å². The fourth-order valence-corrected chi connectivity index (χ4v) is 0.466. The summed E-state index contributed by atoms with van der Waals surface area (Å²) in [5.41, 5.74) is 3.70. The van der Waals surface area contributed by atoms with Gasteiger partial charge in [-0.1, -0.05) is 6.08 Å². The molecule has 0 atom stereocenters. The predicted molar refractivity (Wildman–Crippen MR) is 27.8 cm³/mol. The zero-order valence-electron chi connectivity index (χ0n) is 3.89. The van der Waals surface area contributed by atoms with E-state index in [-0.39, 0.29) is 6.61 Å². The Morgan fingerprint density at radius 3 is 2.86 bits per heavy atom. The molecule has 0 heterocycles. The SMILES string of the molecule is OCC1=C=CC=C1. The van der Waals surface area contributed by atoms with E-state index in [4.69, 9.17) is 5.11 Å². The Hall–Kier alpha value is -0.780. The Bertz CT molecular complexity index is 148. The van der Waals surface area contributed by atoms with Crippen LogP contribution in [0.5, 0.6) is 0 Å². The number of aliphatic hydroxyl groups is 1. The number of hydrogen-bond acceptors (Lipinski definition) is 1. The molecular weight excluding hydrogens is 88.1 g/mol. The summed E-state index contributed by atoms with van der Waals surface area (Å²) in [4.78, 5) is 0. The molecule has 1 aliphatic carbocycles. The van der Waals surface area contributed by atoms with E-state index < -0.39 is 0 Å². The summed E-state index contributed by atoms with van der Waals surface area (Å²) in [5, 5.41) is 8.40. The van der Waals surface area contributed by atoms with Gasteiger partial charge < -0.3 is 5.11 Å². The smallest absolute Gasteiger partial charge is 0.0753 e. The molecule has 0 aromatic rings. The third-order valence-electron chi connectivity index (χ3n) is 0.833. The minimum Gasteiger partial charge on any atom is -0.391 e. The number of aliphatic hydroxyl groups excluding tert-OH is 1. The lowest BCUT2D eigenvalue weighted by molar-refractivity contribution is 0.335. The summed E-state index contributed by atoms with van der Waals surface area (Å²) >= 11 is 0. The maximum Gasteiger partial charge on any atom is 0.0753 e. The molecule has 0 unspecified atom stereocenters. The monoisotopic (exact) mass is 94.0 g/mol. The Morgan fingerprint density at radius 1 is 1.71 bits per heavy atom. The maximum absolute atomic E-state index is 8.40. The van der Waals surface area contributed by atoms with Crippen molar-refractivity contribution >= 4 is 0 Å². The quantitative estimate of drug-likeness (QED) is 0.472. The van der Waals surface area contributed by atoms with Crippen molar-refractivity contribution in [3.05, 3.63) is 29.5 Å². The molecule has 0 amide bonds. The third kappa shape index (κ3) is 0.801. The molecule has 36 valence electrons. The molecule has 0 saturated carbocycles. The maximum atomic E-state index is 8.40. The molecule has 1 nitrogen and oxygen atoms in total. The van der Waals surface area contributed by atoms with Crippen LogP contribution in [0.1, 0.15) is 0 Å². The molecule has 7 heavy (non-hydrogen) atoms. The number of hydrogen-bond donors (Lipinski definition) is 1. The van der Waals surface area contributed by atoms with Crippen molar-refractivity contribution in [2.24, 2.45) is 0 Å². The topological polar surface area (TPSA) is 20.2 Å². The summed E-state index contributed by atoms with van der Waals surface area (Å²) < 4.78 is 0. The zero-order chi connectivity index (χ0) is 5.11. The van der Waals surface area contributed by atoms with Crippen molar-refractivity contribution in [3.8, 4) is 0 Å². The van der Waals surface area contributed by atoms with Gasteiger partial charge in [0.25, 0.3) is 0 Å². The van der Waals surface area contributed by atoms with E-state index in [0.29, 0.717) is 0 Å². The van der Waals surface area contributed by atoms with E-state index in [2.05, 4.69) is 5.73 Å². The first-order chi connectivity index (χ1) is 3.43. The number of allylic oxidation sites excluding steroid dienone is 1. The molecular formula is C6H6O. The van der Waals surface area contributed by atoms with Crippen LogP contribution in [0.3, 0.4) is 0 Å². The van der Waals surface area contributed by atoms with E-state index >= 15 is 0 Å². The van der Waals surface area contributed by atoms with Gasteiger partial charge in [-0.25, -0.2) is 0 Å². The van der Waals surface area contributed by atoms with Gasteiger partial charge in [0.1, 0.15) is 0 Å². The molecule has 1 heteroatoms. The van der Waals surface area contributed by atoms with Crippen LogP contribution in [0.25, 0.3) is 0 Å². The van der Waals surface area contributed by atoms with Crippen LogP contribution in [-0.2, 0) is 0 Å². The Kier molecular flexibility index (Phi) is 1.12. The lowest BCUT2D eigenvalue weighted by Gasteiger charge is -1.81. The molecule has 0 aromatic carbocycles. The van der Waals surface area contributed by atoms with Crippen molar-refractivity contribution in [2.75, 3.05) is 6.61 Å². The zero-order valence-corrected chi connectivity index (χ0v) is 3.89. The summed E-state index contributed by atoms with van der Waals surface area (Å²) in [6, 6.07) is 0. The highest BCUT2D eigenvalue weighted by Crippen LogP contribution is 1.97. The third-order valence-corrected chi connectivity index (χ3v) is 0.833. The highest BCUT2D eigenvalue weighted by molar-refractivity contribution is 5.28. The minimum absolute atomic E-state index is 0.104. The summed E-state index contributed by atoms with van der Waals surface area (Å²) in [7, 11) is 0. The van der Waals surface area contributed by atoms with Crippen molar-refractivity contribution in [1.82, 2.24) is 0 Å². The van der Waals surface area contributed by atoms with Crippen LogP contribution in [0.2, 0.25) is 0 Å². The second-order valence-corrected chi connectivity index (χ2v) is 1.35. The van der Waals surface area contributed by atoms with Crippen LogP contribution in [0.15, 0.2) is 29.5 Å². The van der Waals surface area contributed by atoms with Gasteiger partial charge in [-0.2, -0.15) is 0 Å². The first-order valence-corrected chi connectivity index (χ1v) is 2.16. The van der Waals surface area contributed by atoms with Crippen LogP contribution in [0.4, 0.5) is 0 Å². The fraction of sp³-hybridized carbons (Fsp3) is 0.167. The van der Waals surface area contributed by atoms with Gasteiger partial charge in [-0.05, 0) is 12.2 Å². The second kappa shape index (κ2) is 1.78. The predicted octanol–water partition coefficient (Wildman–Crippen LogP) is 0.630.